The molecule has 1 aliphatic heterocycles. The van der Waals surface area contributed by atoms with Crippen LogP contribution in [0.3, 0.4) is 0 Å². The van der Waals surface area contributed by atoms with E-state index in [2.05, 4.69) is 6.07 Å². The Morgan fingerprint density at radius 1 is 1.08 bits per heavy atom. The molecule has 220 valence electrons. The molecule has 5 aliphatic rings. The van der Waals surface area contributed by atoms with Crippen LogP contribution in [-0.4, -0.2) is 98.8 Å². The van der Waals surface area contributed by atoms with E-state index in [0.717, 1.165) is 44.8 Å². The first-order valence-electron chi connectivity index (χ1n) is 14.0. The van der Waals surface area contributed by atoms with Crippen molar-refractivity contribution in [3.8, 4) is 6.07 Å². The summed E-state index contributed by atoms with van der Waals surface area (Å²) in [6.45, 7) is 6.64. The van der Waals surface area contributed by atoms with E-state index in [4.69, 9.17) is 18.4 Å². The Hall–Kier alpha value is -1.94. The van der Waals surface area contributed by atoms with Gasteiger partial charge in [0.2, 0.25) is 5.91 Å². The predicted molar refractivity (Wildman–Crippen MR) is 141 cm³/mol. The Balaban J connectivity index is 1.46. The summed E-state index contributed by atoms with van der Waals surface area (Å²) < 4.78 is 44.7. The third-order valence-electron chi connectivity index (χ3n) is 8.34. The van der Waals surface area contributed by atoms with Gasteiger partial charge in [0, 0.05) is 6.54 Å². The maximum absolute atomic E-state index is 13.7. The molecule has 0 aromatic rings. The van der Waals surface area contributed by atoms with E-state index in [0.29, 0.717) is 44.4 Å². The summed E-state index contributed by atoms with van der Waals surface area (Å²) in [4.78, 5) is 30.4. The van der Waals surface area contributed by atoms with Crippen LogP contribution in [0.25, 0.3) is 0 Å². The maximum atomic E-state index is 13.7. The van der Waals surface area contributed by atoms with Gasteiger partial charge in [-0.25, -0.2) is 4.79 Å². The maximum Gasteiger partial charge on any atom is 0.411 e. The van der Waals surface area contributed by atoms with Gasteiger partial charge in [-0.15, -0.1) is 0 Å². The summed E-state index contributed by atoms with van der Waals surface area (Å²) in [5, 5.41) is 9.52. The lowest BCUT2D eigenvalue weighted by molar-refractivity contribution is -0.202. The molecule has 4 aliphatic carbocycles. The van der Waals surface area contributed by atoms with Crippen molar-refractivity contribution in [2.24, 2.45) is 11.8 Å². The fraction of sp³-hybridized carbons (Fsp3) is 0.889. The lowest BCUT2D eigenvalue weighted by atomic mass is 9.50. The molecule has 2 amide bonds. The molecule has 1 heterocycles. The van der Waals surface area contributed by atoms with Crippen LogP contribution in [0, 0.1) is 23.2 Å². The number of nitriles is 1. The summed E-state index contributed by atoms with van der Waals surface area (Å²) in [5.74, 6) is 0.559. The molecule has 11 nitrogen and oxygen atoms in total. The summed E-state index contributed by atoms with van der Waals surface area (Å²) in [6, 6.07) is 1.77. The molecule has 0 radical (unpaired) electrons. The van der Waals surface area contributed by atoms with Gasteiger partial charge in [-0.1, -0.05) is 0 Å². The number of hydrogen-bond acceptors (Lipinski definition) is 9. The van der Waals surface area contributed by atoms with E-state index in [1.807, 2.05) is 20.8 Å². The topological polar surface area (TPSA) is 135 Å². The Labute approximate surface area is 232 Å². The summed E-state index contributed by atoms with van der Waals surface area (Å²) in [7, 11) is -3.50. The van der Waals surface area contributed by atoms with Crippen molar-refractivity contribution in [2.75, 3.05) is 45.8 Å². The van der Waals surface area contributed by atoms with Crippen LogP contribution in [0.1, 0.15) is 72.1 Å². The van der Waals surface area contributed by atoms with Crippen LogP contribution in [0.5, 0.6) is 0 Å². The number of rotatable bonds is 11. The first-order valence-corrected chi connectivity index (χ1v) is 15.8. The molecule has 0 spiro atoms. The van der Waals surface area contributed by atoms with Gasteiger partial charge in [-0.05, 0) is 84.0 Å². The molecule has 0 aromatic heterocycles. The van der Waals surface area contributed by atoms with E-state index in [-0.39, 0.29) is 25.7 Å². The molecule has 39 heavy (non-hydrogen) atoms. The third-order valence-corrected chi connectivity index (χ3v) is 8.93. The largest absolute Gasteiger partial charge is 0.444 e. The van der Waals surface area contributed by atoms with E-state index < -0.39 is 39.0 Å². The zero-order valence-electron chi connectivity index (χ0n) is 23.6. The van der Waals surface area contributed by atoms with E-state index >= 15 is 0 Å². The molecule has 5 rings (SSSR count). The molecule has 12 heteroatoms. The van der Waals surface area contributed by atoms with Gasteiger partial charge in [0.1, 0.15) is 18.2 Å². The van der Waals surface area contributed by atoms with Crippen LogP contribution in [0.15, 0.2) is 0 Å². The van der Waals surface area contributed by atoms with Crippen LogP contribution in [0.4, 0.5) is 4.79 Å². The number of carbonyl (C=O) groups excluding carboxylic acids is 2. The fourth-order valence-corrected chi connectivity index (χ4v) is 7.82. The van der Waals surface area contributed by atoms with Crippen LogP contribution in [-0.2, 0) is 33.3 Å². The van der Waals surface area contributed by atoms with Crippen molar-refractivity contribution < 1.29 is 36.4 Å². The molecule has 5 fully saturated rings. The summed E-state index contributed by atoms with van der Waals surface area (Å²) in [6.07, 6.45) is 7.08. The van der Waals surface area contributed by atoms with Gasteiger partial charge in [0.25, 0.3) is 10.1 Å². The Morgan fingerprint density at radius 3 is 2.36 bits per heavy atom. The minimum absolute atomic E-state index is 0.0419. The Morgan fingerprint density at radius 2 is 1.74 bits per heavy atom. The van der Waals surface area contributed by atoms with E-state index in [1.165, 1.54) is 0 Å². The zero-order chi connectivity index (χ0) is 28.5. The second-order valence-electron chi connectivity index (χ2n) is 12.8. The number of nitrogens with zero attached hydrogens (tertiary/aromatic N) is 3. The molecule has 0 aromatic carbocycles. The highest BCUT2D eigenvalue weighted by Gasteiger charge is 2.62. The fourth-order valence-electron chi connectivity index (χ4n) is 7.45. The highest BCUT2D eigenvalue weighted by molar-refractivity contribution is 7.85. The Kier molecular flexibility index (Phi) is 8.86. The number of amides is 2. The molecule has 4 bridgehead atoms. The quantitative estimate of drug-likeness (QED) is 0.272. The first-order chi connectivity index (χ1) is 18.2. The van der Waals surface area contributed by atoms with Crippen molar-refractivity contribution in [3.63, 3.8) is 0 Å². The molecular formula is C27H43N3O8S. The van der Waals surface area contributed by atoms with Crippen molar-refractivity contribution in [1.29, 1.82) is 5.26 Å². The predicted octanol–water partition coefficient (Wildman–Crippen LogP) is 2.84. The van der Waals surface area contributed by atoms with Crippen LogP contribution >= 0.6 is 0 Å². The number of hydrogen-bond donors (Lipinski definition) is 0. The standard InChI is InChI=1S/C27H43N3O8S/c1-25(2,3)38-24(32)30(18-23(31)29-7-5-6-22(29)17-28)26-13-20-12-21(14-26)16-27(15-20,19-26)36-10-8-35-9-11-37-39(4,33)34/h20-22H,5-16,18-19H2,1-4H3/t20-,21?,22?,26?,27?/m0/s1. The zero-order valence-corrected chi connectivity index (χ0v) is 24.5. The minimum Gasteiger partial charge on any atom is -0.444 e. The number of ether oxygens (including phenoxy) is 3. The number of likely N-dealkylation sites (tertiary alicyclic amines) is 1. The van der Waals surface area contributed by atoms with Crippen LogP contribution in [0.2, 0.25) is 0 Å². The van der Waals surface area contributed by atoms with Gasteiger partial charge >= 0.3 is 6.09 Å². The van der Waals surface area contributed by atoms with E-state index in [9.17, 15) is 23.3 Å². The molecule has 1 saturated heterocycles. The van der Waals surface area contributed by atoms with Gasteiger partial charge in [0.15, 0.2) is 0 Å². The van der Waals surface area contributed by atoms with Crippen molar-refractivity contribution in [1.82, 2.24) is 9.80 Å². The third kappa shape index (κ3) is 7.43. The molecule has 0 N–H and O–H groups in total. The van der Waals surface area contributed by atoms with Gasteiger partial charge in [0.05, 0.1) is 49.9 Å². The first kappa shape index (κ1) is 30.0. The smallest absolute Gasteiger partial charge is 0.411 e. The van der Waals surface area contributed by atoms with E-state index in [1.54, 1.807) is 9.80 Å². The number of carbonyl (C=O) groups is 2. The average molecular weight is 570 g/mol. The molecular weight excluding hydrogens is 526 g/mol. The second-order valence-corrected chi connectivity index (χ2v) is 14.4. The monoisotopic (exact) mass is 569 g/mol. The van der Waals surface area contributed by atoms with Gasteiger partial charge in [-0.2, -0.15) is 13.7 Å². The minimum atomic E-state index is -3.50. The molecule has 4 saturated carbocycles. The Bertz CT molecular complexity index is 1050. The highest BCUT2D eigenvalue weighted by atomic mass is 32.2. The SMILES string of the molecule is CC(C)(C)OC(=O)N(CC(=O)N1CCCC1C#N)C12CC3C[C@H](CC(OCCOCCOS(C)(=O)=O)(C3)C1)C2. The van der Waals surface area contributed by atoms with Gasteiger partial charge in [-0.3, -0.25) is 13.9 Å². The van der Waals surface area contributed by atoms with Crippen molar-refractivity contribution >= 4 is 22.1 Å². The summed E-state index contributed by atoms with van der Waals surface area (Å²) >= 11 is 0. The van der Waals surface area contributed by atoms with Crippen molar-refractivity contribution in [3.05, 3.63) is 0 Å². The highest BCUT2D eigenvalue weighted by Crippen LogP contribution is 2.61. The average Bonchev–Trinajstić information content (AvgIpc) is 3.28. The van der Waals surface area contributed by atoms with Crippen molar-refractivity contribution in [2.45, 2.75) is 94.9 Å². The lowest BCUT2D eigenvalue weighted by Gasteiger charge is -2.64. The molecule has 5 atom stereocenters. The normalized spacial score (nSPS) is 31.8. The van der Waals surface area contributed by atoms with Gasteiger partial charge < -0.3 is 19.1 Å². The molecule has 4 unspecified atom stereocenters. The van der Waals surface area contributed by atoms with Crippen LogP contribution < -0.4 is 0 Å². The second kappa shape index (κ2) is 11.5. The summed E-state index contributed by atoms with van der Waals surface area (Å²) in [5.41, 5.74) is -1.67. The lowest BCUT2D eigenvalue weighted by Crippen LogP contribution is -2.68.